The summed E-state index contributed by atoms with van der Waals surface area (Å²) in [4.78, 5) is 0. The first kappa shape index (κ1) is 28.2. The quantitative estimate of drug-likeness (QED) is 0.225. The van der Waals surface area contributed by atoms with Gasteiger partial charge < -0.3 is 45.6 Å². The fraction of sp³-hybridized carbons (Fsp3) is 0.448. The van der Waals surface area contributed by atoms with Gasteiger partial charge in [0.15, 0.2) is 0 Å². The molecule has 0 aromatic heterocycles. The zero-order valence-corrected chi connectivity index (χ0v) is 20.5. The van der Waals surface area contributed by atoms with Gasteiger partial charge in [0.25, 0.3) is 0 Å². The highest BCUT2D eigenvalue weighted by atomic mass is 16.5. The number of benzene rings is 2. The second kappa shape index (κ2) is 12.4. The molecule has 0 amide bonds. The molecule has 0 bridgehead atoms. The molecule has 10 atom stereocenters. The van der Waals surface area contributed by atoms with E-state index in [-0.39, 0.29) is 13.0 Å². The lowest BCUT2D eigenvalue weighted by molar-refractivity contribution is -0.214. The van der Waals surface area contributed by atoms with Crippen molar-refractivity contribution in [2.75, 3.05) is 13.2 Å². The van der Waals surface area contributed by atoms with E-state index in [0.717, 1.165) is 11.1 Å². The Morgan fingerprint density at radius 2 is 1.42 bits per heavy atom. The molecule has 1 saturated heterocycles. The van der Waals surface area contributed by atoms with Crippen molar-refractivity contribution >= 4 is 0 Å². The third-order valence-corrected chi connectivity index (χ3v) is 7.13. The zero-order valence-electron chi connectivity index (χ0n) is 20.5. The van der Waals surface area contributed by atoms with E-state index in [0.29, 0.717) is 11.1 Å². The summed E-state index contributed by atoms with van der Waals surface area (Å²) in [6.45, 7) is -0.875. The molecule has 0 radical (unpaired) electrons. The predicted octanol–water partition coefficient (Wildman–Crippen LogP) is -1.39. The Morgan fingerprint density at radius 1 is 0.711 bits per heavy atom. The second-order valence-electron chi connectivity index (χ2n) is 9.67. The average molecular weight is 525 g/mol. The summed E-state index contributed by atoms with van der Waals surface area (Å²) in [7, 11) is 0. The standard InChI is InChI=1S/C29H32O9/c30-14-20-13-19(24(32)28(36)25(20)33)10-9-18-8-6-16(12-21(18)17-4-2-1-3-5-17)7-11-22-26(34)29(37)27(35)23(15-31)38-22/h1-6,8,12,19-20,22-37H,13-15H2/t19-,20+,22+,23+,24+,25+,26+,27+,28+,29+/m0/s1. The van der Waals surface area contributed by atoms with Crippen LogP contribution in [0, 0.1) is 35.5 Å². The van der Waals surface area contributed by atoms with E-state index in [1.54, 1.807) is 18.2 Å². The van der Waals surface area contributed by atoms with Crippen LogP contribution >= 0.6 is 0 Å². The molecule has 2 aromatic rings. The van der Waals surface area contributed by atoms with Crippen LogP contribution in [0.3, 0.4) is 0 Å². The molecule has 9 heteroatoms. The molecule has 1 saturated carbocycles. The summed E-state index contributed by atoms with van der Waals surface area (Å²) < 4.78 is 5.46. The third kappa shape index (κ3) is 5.93. The van der Waals surface area contributed by atoms with Gasteiger partial charge in [-0.3, -0.25) is 0 Å². The molecule has 9 nitrogen and oxygen atoms in total. The van der Waals surface area contributed by atoms with Gasteiger partial charge in [0.05, 0.1) is 18.8 Å². The highest BCUT2D eigenvalue weighted by Crippen LogP contribution is 2.31. The van der Waals surface area contributed by atoms with Gasteiger partial charge in [-0.05, 0) is 35.7 Å². The lowest BCUT2D eigenvalue weighted by Crippen LogP contribution is -2.58. The minimum Gasteiger partial charge on any atom is -0.396 e. The van der Waals surface area contributed by atoms with E-state index < -0.39 is 67.3 Å². The van der Waals surface area contributed by atoms with Crippen LogP contribution in [0.15, 0.2) is 48.5 Å². The molecule has 0 spiro atoms. The maximum Gasteiger partial charge on any atom is 0.147 e. The summed E-state index contributed by atoms with van der Waals surface area (Å²) in [6, 6.07) is 14.6. The maximum absolute atomic E-state index is 10.4. The van der Waals surface area contributed by atoms with Gasteiger partial charge in [0.1, 0.15) is 36.6 Å². The van der Waals surface area contributed by atoms with Crippen LogP contribution in [0.1, 0.15) is 17.5 Å². The van der Waals surface area contributed by atoms with E-state index in [4.69, 9.17) is 4.74 Å². The molecule has 38 heavy (non-hydrogen) atoms. The predicted molar refractivity (Wildman–Crippen MR) is 136 cm³/mol. The zero-order chi connectivity index (χ0) is 27.4. The van der Waals surface area contributed by atoms with Crippen molar-refractivity contribution in [2.24, 2.45) is 11.8 Å². The highest BCUT2D eigenvalue weighted by molar-refractivity contribution is 5.73. The van der Waals surface area contributed by atoms with Crippen LogP contribution < -0.4 is 0 Å². The Balaban J connectivity index is 1.65. The van der Waals surface area contributed by atoms with E-state index in [1.807, 2.05) is 30.3 Å². The molecular weight excluding hydrogens is 492 g/mol. The van der Waals surface area contributed by atoms with E-state index in [1.165, 1.54) is 0 Å². The number of aliphatic hydroxyl groups excluding tert-OH is 8. The number of hydrogen-bond acceptors (Lipinski definition) is 9. The first-order valence-electron chi connectivity index (χ1n) is 12.4. The fourth-order valence-electron chi connectivity index (χ4n) is 4.78. The molecule has 0 unspecified atom stereocenters. The van der Waals surface area contributed by atoms with Crippen molar-refractivity contribution in [3.8, 4) is 34.8 Å². The van der Waals surface area contributed by atoms with Gasteiger partial charge in [-0.2, -0.15) is 0 Å². The largest absolute Gasteiger partial charge is 0.396 e. The van der Waals surface area contributed by atoms with Crippen molar-refractivity contribution in [2.45, 2.75) is 55.3 Å². The van der Waals surface area contributed by atoms with Crippen LogP contribution in [0.2, 0.25) is 0 Å². The molecule has 1 heterocycles. The number of hydrogen-bond donors (Lipinski definition) is 8. The van der Waals surface area contributed by atoms with Gasteiger partial charge >= 0.3 is 0 Å². The summed E-state index contributed by atoms with van der Waals surface area (Å²) in [5.41, 5.74) is 2.77. The van der Waals surface area contributed by atoms with E-state index in [9.17, 15) is 40.9 Å². The second-order valence-corrected chi connectivity index (χ2v) is 9.67. The summed E-state index contributed by atoms with van der Waals surface area (Å²) >= 11 is 0. The Kier molecular flexibility index (Phi) is 9.19. The Labute approximate surface area is 220 Å². The average Bonchev–Trinajstić information content (AvgIpc) is 2.94. The number of aliphatic hydroxyl groups is 8. The smallest absolute Gasteiger partial charge is 0.147 e. The Bertz CT molecular complexity index is 1210. The van der Waals surface area contributed by atoms with Crippen LogP contribution in [0.4, 0.5) is 0 Å². The molecule has 8 N–H and O–H groups in total. The van der Waals surface area contributed by atoms with Crippen LogP contribution in [-0.4, -0.2) is 103 Å². The lowest BCUT2D eigenvalue weighted by atomic mass is 9.76. The molecule has 4 rings (SSSR count). The summed E-state index contributed by atoms with van der Waals surface area (Å²) in [6.07, 6.45) is -10.3. The summed E-state index contributed by atoms with van der Waals surface area (Å²) in [5, 5.41) is 79.8. The first-order chi connectivity index (χ1) is 18.2. The minimum atomic E-state index is -1.52. The van der Waals surface area contributed by atoms with Crippen LogP contribution in [0.25, 0.3) is 11.1 Å². The third-order valence-electron chi connectivity index (χ3n) is 7.13. The topological polar surface area (TPSA) is 171 Å². The Morgan fingerprint density at radius 3 is 2.11 bits per heavy atom. The molecule has 2 aromatic carbocycles. The Hall–Kier alpha value is -2.80. The first-order valence-corrected chi connectivity index (χ1v) is 12.4. The van der Waals surface area contributed by atoms with E-state index in [2.05, 4.69) is 23.7 Å². The monoisotopic (exact) mass is 524 g/mol. The van der Waals surface area contributed by atoms with Gasteiger partial charge in [-0.15, -0.1) is 0 Å². The maximum atomic E-state index is 10.4. The van der Waals surface area contributed by atoms with Gasteiger partial charge in [0, 0.05) is 29.6 Å². The van der Waals surface area contributed by atoms with Gasteiger partial charge in [0.2, 0.25) is 0 Å². The van der Waals surface area contributed by atoms with E-state index >= 15 is 0 Å². The van der Waals surface area contributed by atoms with Crippen molar-refractivity contribution in [3.63, 3.8) is 0 Å². The van der Waals surface area contributed by atoms with Crippen molar-refractivity contribution in [1.29, 1.82) is 0 Å². The van der Waals surface area contributed by atoms with Crippen LogP contribution in [0.5, 0.6) is 0 Å². The molecule has 2 aliphatic rings. The lowest BCUT2D eigenvalue weighted by Gasteiger charge is -2.37. The molecule has 202 valence electrons. The minimum absolute atomic E-state index is 0.228. The van der Waals surface area contributed by atoms with Crippen LogP contribution in [-0.2, 0) is 4.74 Å². The van der Waals surface area contributed by atoms with Crippen molar-refractivity contribution in [3.05, 3.63) is 59.7 Å². The molecule has 2 fully saturated rings. The molecular formula is C29H32O9. The van der Waals surface area contributed by atoms with Gasteiger partial charge in [-0.1, -0.05) is 54.0 Å². The van der Waals surface area contributed by atoms with Crippen molar-refractivity contribution in [1.82, 2.24) is 0 Å². The SMILES string of the molecule is OC[C@H]1C[C@H](C#Cc2ccc(C#C[C@H]3O[C@H](CO)[C@@H](O)[C@H](O)[C@@H]3O)cc2-c2ccccc2)[C@@H](O)[C@@H](O)[C@@H]1O. The molecule has 1 aliphatic carbocycles. The normalized spacial score (nSPS) is 34.9. The molecule has 1 aliphatic heterocycles. The number of rotatable bonds is 3. The highest BCUT2D eigenvalue weighted by Gasteiger charge is 2.43. The van der Waals surface area contributed by atoms with Gasteiger partial charge in [-0.25, -0.2) is 0 Å². The number of ether oxygens (including phenoxy) is 1. The fourth-order valence-corrected chi connectivity index (χ4v) is 4.78. The summed E-state index contributed by atoms with van der Waals surface area (Å²) in [5.74, 6) is 10.5. The van der Waals surface area contributed by atoms with Crippen molar-refractivity contribution < 1.29 is 45.6 Å².